The summed E-state index contributed by atoms with van der Waals surface area (Å²) in [6.07, 6.45) is 2.91. The van der Waals surface area contributed by atoms with Crippen LogP contribution >= 0.6 is 0 Å². The highest BCUT2D eigenvalue weighted by Crippen LogP contribution is 2.15. The van der Waals surface area contributed by atoms with Crippen molar-refractivity contribution in [3.8, 4) is 0 Å². The minimum Gasteiger partial charge on any atom is -0.392 e. The highest BCUT2D eigenvalue weighted by atomic mass is 32.2. The number of benzene rings is 1. The van der Waals surface area contributed by atoms with Gasteiger partial charge in [0.25, 0.3) is 0 Å². The van der Waals surface area contributed by atoms with Gasteiger partial charge < -0.3 is 5.11 Å². The Morgan fingerprint density at radius 3 is 2.75 bits per heavy atom. The largest absolute Gasteiger partial charge is 0.392 e. The van der Waals surface area contributed by atoms with Crippen molar-refractivity contribution in [3.05, 3.63) is 53.6 Å². The predicted molar refractivity (Wildman–Crippen MR) is 73.2 cm³/mol. The molecule has 0 saturated heterocycles. The van der Waals surface area contributed by atoms with Gasteiger partial charge in [0, 0.05) is 6.20 Å². The van der Waals surface area contributed by atoms with Gasteiger partial charge in [-0.25, -0.2) is 23.1 Å². The third-order valence-corrected chi connectivity index (χ3v) is 4.29. The zero-order chi connectivity index (χ0) is 14.6. The van der Waals surface area contributed by atoms with Gasteiger partial charge in [-0.2, -0.15) is 0 Å². The van der Waals surface area contributed by atoms with Crippen LogP contribution in [0.5, 0.6) is 0 Å². The Morgan fingerprint density at radius 1 is 1.30 bits per heavy atom. The van der Waals surface area contributed by atoms with E-state index in [0.717, 1.165) is 5.56 Å². The van der Waals surface area contributed by atoms with Gasteiger partial charge in [0.05, 0.1) is 23.7 Å². The Kier molecular flexibility index (Phi) is 4.43. The van der Waals surface area contributed by atoms with E-state index < -0.39 is 10.0 Å². The molecule has 0 aliphatic carbocycles. The first-order valence-corrected chi connectivity index (χ1v) is 7.46. The maximum absolute atomic E-state index is 12.1. The minimum atomic E-state index is -3.63. The number of aromatic nitrogens is 2. The molecule has 0 aliphatic heterocycles. The lowest BCUT2D eigenvalue weighted by molar-refractivity contribution is 0.280. The summed E-state index contributed by atoms with van der Waals surface area (Å²) in [6, 6.07) is 6.29. The maximum Gasteiger partial charge on any atom is 0.240 e. The van der Waals surface area contributed by atoms with Crippen molar-refractivity contribution in [1.82, 2.24) is 14.7 Å². The lowest BCUT2D eigenvalue weighted by Crippen LogP contribution is -2.24. The molecule has 0 bridgehead atoms. The third kappa shape index (κ3) is 3.38. The van der Waals surface area contributed by atoms with Crippen LogP contribution in [0.25, 0.3) is 0 Å². The van der Waals surface area contributed by atoms with Crippen LogP contribution in [0.1, 0.15) is 16.8 Å². The predicted octanol–water partition coefficient (Wildman–Crippen LogP) is 0.756. The van der Waals surface area contributed by atoms with Crippen LogP contribution in [0.15, 0.2) is 41.7 Å². The van der Waals surface area contributed by atoms with Crippen LogP contribution in [-0.4, -0.2) is 23.5 Å². The molecule has 6 nitrogen and oxygen atoms in total. The lowest BCUT2D eigenvalue weighted by atomic mass is 10.1. The van der Waals surface area contributed by atoms with Crippen molar-refractivity contribution >= 4 is 10.0 Å². The average Bonchev–Trinajstić information content (AvgIpc) is 2.46. The van der Waals surface area contributed by atoms with E-state index in [1.807, 2.05) is 6.92 Å². The molecular formula is C13H15N3O3S. The molecule has 1 aromatic heterocycles. The molecule has 0 saturated carbocycles. The molecule has 2 rings (SSSR count). The first-order valence-electron chi connectivity index (χ1n) is 5.98. The molecule has 0 aliphatic rings. The second-order valence-corrected chi connectivity index (χ2v) is 6.04. The van der Waals surface area contributed by atoms with E-state index in [-0.39, 0.29) is 18.0 Å². The molecule has 0 radical (unpaired) electrons. The molecular weight excluding hydrogens is 278 g/mol. The third-order valence-electron chi connectivity index (χ3n) is 2.89. The van der Waals surface area contributed by atoms with Gasteiger partial charge in [0.2, 0.25) is 10.0 Å². The Hall–Kier alpha value is -1.83. The van der Waals surface area contributed by atoms with Crippen LogP contribution in [0, 0.1) is 6.92 Å². The van der Waals surface area contributed by atoms with Crippen LogP contribution in [0.2, 0.25) is 0 Å². The molecule has 0 unspecified atom stereocenters. The highest BCUT2D eigenvalue weighted by Gasteiger charge is 2.15. The van der Waals surface area contributed by atoms with Crippen LogP contribution < -0.4 is 4.72 Å². The van der Waals surface area contributed by atoms with Crippen molar-refractivity contribution < 1.29 is 13.5 Å². The molecule has 0 spiro atoms. The van der Waals surface area contributed by atoms with Gasteiger partial charge >= 0.3 is 0 Å². The molecule has 1 aromatic carbocycles. The quantitative estimate of drug-likeness (QED) is 0.849. The lowest BCUT2D eigenvalue weighted by Gasteiger charge is -2.09. The Morgan fingerprint density at radius 2 is 2.10 bits per heavy atom. The first kappa shape index (κ1) is 14.6. The average molecular weight is 293 g/mol. The Labute approximate surface area is 117 Å². The molecule has 2 N–H and O–H groups in total. The molecule has 106 valence electrons. The number of hydrogen-bond donors (Lipinski definition) is 2. The van der Waals surface area contributed by atoms with Gasteiger partial charge in [-0.1, -0.05) is 6.07 Å². The molecule has 20 heavy (non-hydrogen) atoms. The summed E-state index contributed by atoms with van der Waals surface area (Å²) < 4.78 is 26.8. The van der Waals surface area contributed by atoms with E-state index in [4.69, 9.17) is 0 Å². The van der Waals surface area contributed by atoms with Crippen molar-refractivity contribution in [2.24, 2.45) is 0 Å². The molecule has 1 heterocycles. The zero-order valence-corrected chi connectivity index (χ0v) is 11.8. The maximum atomic E-state index is 12.1. The summed E-state index contributed by atoms with van der Waals surface area (Å²) in [5.74, 6) is 0. The SMILES string of the molecule is Cc1ccc(S(=O)(=O)NCc2ccncn2)cc1CO. The summed E-state index contributed by atoms with van der Waals surface area (Å²) in [5.41, 5.74) is 2.02. The number of hydrogen-bond acceptors (Lipinski definition) is 5. The fraction of sp³-hybridized carbons (Fsp3) is 0.231. The monoisotopic (exact) mass is 293 g/mol. The highest BCUT2D eigenvalue weighted by molar-refractivity contribution is 7.89. The van der Waals surface area contributed by atoms with Crippen LogP contribution in [0.4, 0.5) is 0 Å². The van der Waals surface area contributed by atoms with Gasteiger partial charge in [-0.05, 0) is 36.2 Å². The van der Waals surface area contributed by atoms with E-state index >= 15 is 0 Å². The topological polar surface area (TPSA) is 92.2 Å². The molecule has 0 atom stereocenters. The summed E-state index contributed by atoms with van der Waals surface area (Å²) in [5, 5.41) is 9.18. The van der Waals surface area contributed by atoms with Gasteiger partial charge in [0.15, 0.2) is 0 Å². The fourth-order valence-electron chi connectivity index (χ4n) is 1.66. The smallest absolute Gasteiger partial charge is 0.240 e. The van der Waals surface area contributed by atoms with Crippen molar-refractivity contribution in [2.75, 3.05) is 0 Å². The van der Waals surface area contributed by atoms with E-state index in [1.54, 1.807) is 18.3 Å². The molecule has 7 heteroatoms. The standard InChI is InChI=1S/C13H15N3O3S/c1-10-2-3-13(6-11(10)8-17)20(18,19)16-7-12-4-5-14-9-15-12/h2-6,9,16-17H,7-8H2,1H3. The van der Waals surface area contributed by atoms with Crippen LogP contribution in [-0.2, 0) is 23.2 Å². The molecule has 2 aromatic rings. The summed E-state index contributed by atoms with van der Waals surface area (Å²) in [4.78, 5) is 7.84. The Balaban J connectivity index is 2.18. The van der Waals surface area contributed by atoms with E-state index in [9.17, 15) is 13.5 Å². The van der Waals surface area contributed by atoms with E-state index in [0.29, 0.717) is 11.3 Å². The van der Waals surface area contributed by atoms with Gasteiger partial charge in [-0.15, -0.1) is 0 Å². The van der Waals surface area contributed by atoms with Crippen molar-refractivity contribution in [3.63, 3.8) is 0 Å². The molecule has 0 amide bonds. The number of rotatable bonds is 5. The summed E-state index contributed by atoms with van der Waals surface area (Å²) >= 11 is 0. The van der Waals surface area contributed by atoms with Crippen molar-refractivity contribution in [1.29, 1.82) is 0 Å². The van der Waals surface area contributed by atoms with Gasteiger partial charge in [0.1, 0.15) is 6.33 Å². The van der Waals surface area contributed by atoms with Gasteiger partial charge in [-0.3, -0.25) is 0 Å². The zero-order valence-electron chi connectivity index (χ0n) is 10.9. The minimum absolute atomic E-state index is 0.0905. The molecule has 0 fully saturated rings. The second kappa shape index (κ2) is 6.08. The Bertz CT molecular complexity index is 687. The number of nitrogens with zero attached hydrogens (tertiary/aromatic N) is 2. The van der Waals surface area contributed by atoms with E-state index in [2.05, 4.69) is 14.7 Å². The number of nitrogens with one attached hydrogen (secondary N) is 1. The summed E-state index contributed by atoms with van der Waals surface area (Å²) in [7, 11) is -3.63. The number of sulfonamides is 1. The fourth-order valence-corrected chi connectivity index (χ4v) is 2.71. The van der Waals surface area contributed by atoms with E-state index in [1.165, 1.54) is 18.5 Å². The van der Waals surface area contributed by atoms with Crippen LogP contribution in [0.3, 0.4) is 0 Å². The normalized spacial score (nSPS) is 11.5. The number of aliphatic hydroxyl groups excluding tert-OH is 1. The second-order valence-electron chi connectivity index (χ2n) is 4.27. The number of aliphatic hydroxyl groups is 1. The van der Waals surface area contributed by atoms with Crippen molar-refractivity contribution in [2.45, 2.75) is 25.0 Å². The first-order chi connectivity index (χ1) is 9.53. The summed E-state index contributed by atoms with van der Waals surface area (Å²) in [6.45, 7) is 1.71. The number of aryl methyl sites for hydroxylation is 1.